The van der Waals surface area contributed by atoms with Crippen LogP contribution in [0.2, 0.25) is 0 Å². The lowest BCUT2D eigenvalue weighted by atomic mass is 9.92. The fourth-order valence-corrected chi connectivity index (χ4v) is 9.87. The van der Waals surface area contributed by atoms with Crippen LogP contribution in [0.1, 0.15) is 47.2 Å². The van der Waals surface area contributed by atoms with E-state index < -0.39 is 0 Å². The van der Waals surface area contributed by atoms with Gasteiger partial charge in [-0.15, -0.1) is 0 Å². The largest absolute Gasteiger partial charge is 0.310 e. The zero-order valence-electron chi connectivity index (χ0n) is 29.4. The Morgan fingerprint density at radius 2 is 1.40 bits per heavy atom. The second kappa shape index (κ2) is 11.1. The van der Waals surface area contributed by atoms with Gasteiger partial charge < -0.3 is 9.30 Å². The van der Waals surface area contributed by atoms with Gasteiger partial charge in [0.05, 0.1) is 16.7 Å². The van der Waals surface area contributed by atoms with Crippen molar-refractivity contribution in [1.82, 2.24) is 4.40 Å². The third-order valence-electron chi connectivity index (χ3n) is 12.2. The molecule has 0 N–H and O–H groups in total. The molecule has 0 fully saturated rings. The molecule has 0 radical (unpaired) electrons. The molecule has 0 unspecified atom stereocenters. The molecule has 0 aliphatic heterocycles. The molecular weight excluding hydrogens is 641 g/mol. The number of fused-ring (bicyclic) bond motifs is 13. The Morgan fingerprint density at radius 3 is 2.36 bits per heavy atom. The Morgan fingerprint density at radius 1 is 0.547 bits per heavy atom. The summed E-state index contributed by atoms with van der Waals surface area (Å²) in [7, 11) is 0. The Labute approximate surface area is 308 Å². The number of anilines is 3. The zero-order chi connectivity index (χ0) is 34.6. The summed E-state index contributed by atoms with van der Waals surface area (Å²) in [6.07, 6.45) is 17.0. The third-order valence-corrected chi connectivity index (χ3v) is 12.2. The van der Waals surface area contributed by atoms with Crippen molar-refractivity contribution in [1.29, 1.82) is 0 Å². The number of benzene rings is 7. The molecule has 3 aliphatic carbocycles. The molecule has 2 heterocycles. The van der Waals surface area contributed by atoms with Gasteiger partial charge in [0.2, 0.25) is 0 Å². The van der Waals surface area contributed by atoms with E-state index in [0.717, 1.165) is 32.1 Å². The number of aryl methyl sites for hydroxylation is 1. The maximum absolute atomic E-state index is 2.53. The predicted octanol–water partition coefficient (Wildman–Crippen LogP) is 13.7. The second-order valence-electron chi connectivity index (χ2n) is 15.0. The Hall–Kier alpha value is -6.38. The minimum atomic E-state index is 0.930. The summed E-state index contributed by atoms with van der Waals surface area (Å²) < 4.78 is 2.53. The van der Waals surface area contributed by atoms with Gasteiger partial charge in [-0.25, -0.2) is 0 Å². The van der Waals surface area contributed by atoms with Crippen LogP contribution in [0.3, 0.4) is 0 Å². The van der Waals surface area contributed by atoms with Gasteiger partial charge in [0.15, 0.2) is 0 Å². The van der Waals surface area contributed by atoms with E-state index in [1.165, 1.54) is 110 Å². The lowest BCUT2D eigenvalue weighted by Crippen LogP contribution is -2.12. The van der Waals surface area contributed by atoms with Gasteiger partial charge in [0.25, 0.3) is 0 Å². The first-order chi connectivity index (χ1) is 26.3. The van der Waals surface area contributed by atoms with Crippen molar-refractivity contribution in [2.24, 2.45) is 0 Å². The normalized spacial score (nSPS) is 14.8. The van der Waals surface area contributed by atoms with Gasteiger partial charge in [-0.1, -0.05) is 109 Å². The molecule has 0 saturated heterocycles. The molecule has 7 aromatic carbocycles. The number of hydrogen-bond acceptors (Lipinski definition) is 1. The smallest absolute Gasteiger partial charge is 0.0623 e. The number of aromatic nitrogens is 1. The summed E-state index contributed by atoms with van der Waals surface area (Å²) in [5.41, 5.74) is 17.2. The predicted molar refractivity (Wildman–Crippen MR) is 225 cm³/mol. The molecule has 0 atom stereocenters. The lowest BCUT2D eigenvalue weighted by molar-refractivity contribution is 0.985. The molecule has 0 amide bonds. The molecule has 250 valence electrons. The topological polar surface area (TPSA) is 7.65 Å². The number of rotatable bonds is 4. The molecule has 0 bridgehead atoms. The van der Waals surface area contributed by atoms with E-state index in [1.807, 2.05) is 0 Å². The highest BCUT2D eigenvalue weighted by Crippen LogP contribution is 2.48. The number of para-hydroxylation sites is 1. The van der Waals surface area contributed by atoms with Gasteiger partial charge in [-0.05, 0) is 135 Å². The van der Waals surface area contributed by atoms with Gasteiger partial charge in [0, 0.05) is 39.6 Å². The van der Waals surface area contributed by atoms with Crippen molar-refractivity contribution >= 4 is 77.4 Å². The fourth-order valence-electron chi connectivity index (χ4n) is 9.87. The minimum Gasteiger partial charge on any atom is -0.310 e. The first kappa shape index (κ1) is 29.2. The lowest BCUT2D eigenvalue weighted by Gasteiger charge is -2.29. The van der Waals surface area contributed by atoms with Crippen LogP contribution >= 0.6 is 0 Å². The van der Waals surface area contributed by atoms with Gasteiger partial charge in [0.1, 0.15) is 0 Å². The van der Waals surface area contributed by atoms with Crippen molar-refractivity contribution in [2.75, 3.05) is 4.90 Å². The van der Waals surface area contributed by atoms with Crippen molar-refractivity contribution < 1.29 is 0 Å². The summed E-state index contributed by atoms with van der Waals surface area (Å²) in [4.78, 5) is 2.52. The highest BCUT2D eigenvalue weighted by atomic mass is 15.1. The highest BCUT2D eigenvalue weighted by Gasteiger charge is 2.27. The fraction of sp³-hybridized carbons (Fsp3) is 0.0980. The Bertz CT molecular complexity index is 3090. The van der Waals surface area contributed by atoms with Crippen LogP contribution < -0.4 is 4.90 Å². The van der Waals surface area contributed by atoms with Crippen LogP contribution in [0.15, 0.2) is 152 Å². The van der Waals surface area contributed by atoms with E-state index in [1.54, 1.807) is 0 Å². The van der Waals surface area contributed by atoms with Gasteiger partial charge >= 0.3 is 0 Å². The summed E-state index contributed by atoms with van der Waals surface area (Å²) in [6, 6.07) is 48.3. The van der Waals surface area contributed by atoms with Crippen LogP contribution in [0.5, 0.6) is 0 Å². The highest BCUT2D eigenvalue weighted by molar-refractivity contribution is 6.28. The van der Waals surface area contributed by atoms with Gasteiger partial charge in [-0.2, -0.15) is 0 Å². The van der Waals surface area contributed by atoms with Crippen molar-refractivity contribution in [3.8, 4) is 11.1 Å². The molecule has 2 aromatic heterocycles. The van der Waals surface area contributed by atoms with Crippen LogP contribution in [0.4, 0.5) is 17.1 Å². The monoisotopic (exact) mass is 676 g/mol. The van der Waals surface area contributed by atoms with E-state index in [0.29, 0.717) is 0 Å². The van der Waals surface area contributed by atoms with E-state index in [4.69, 9.17) is 0 Å². The number of allylic oxidation sites excluding steroid dienone is 5. The standard InChI is InChI=1S/C51H36N2/c1-2-12-32(13-3-1)34-15-10-16-36(28-34)52(49-23-11-20-39-38-17-5-4-14-35(38)29-45(39)49)37-26-24-33-25-27-41-44(43(33)30-37)31-46-40-18-6-8-21-47(40)53-48-22-9-7-19-42(48)50(41)51(46)53/h2,4-6,8-18,20-28,30-31H,1,3,7,19,29H2. The average Bonchev–Trinajstić information content (AvgIpc) is 3.89. The summed E-state index contributed by atoms with van der Waals surface area (Å²) in [5, 5.41) is 9.35. The van der Waals surface area contributed by atoms with E-state index in [-0.39, 0.29) is 0 Å². The molecule has 3 aliphatic rings. The van der Waals surface area contributed by atoms with E-state index in [9.17, 15) is 0 Å². The molecule has 0 saturated carbocycles. The van der Waals surface area contributed by atoms with E-state index in [2.05, 4.69) is 167 Å². The third kappa shape index (κ3) is 4.15. The number of hydrogen-bond donors (Lipinski definition) is 0. The molecule has 9 aromatic rings. The maximum atomic E-state index is 2.53. The first-order valence-corrected chi connectivity index (χ1v) is 19.1. The maximum Gasteiger partial charge on any atom is 0.0623 e. The van der Waals surface area contributed by atoms with Crippen molar-refractivity contribution in [3.05, 3.63) is 180 Å². The molecule has 0 spiro atoms. The summed E-state index contributed by atoms with van der Waals surface area (Å²) in [5.74, 6) is 0. The van der Waals surface area contributed by atoms with Gasteiger partial charge in [-0.3, -0.25) is 0 Å². The van der Waals surface area contributed by atoms with Crippen LogP contribution in [-0.4, -0.2) is 4.40 Å². The van der Waals surface area contributed by atoms with Crippen molar-refractivity contribution in [2.45, 2.75) is 32.1 Å². The molecule has 2 heteroatoms. The molecule has 53 heavy (non-hydrogen) atoms. The summed E-state index contributed by atoms with van der Waals surface area (Å²) >= 11 is 0. The average molecular weight is 677 g/mol. The van der Waals surface area contributed by atoms with Crippen LogP contribution in [0.25, 0.3) is 71.5 Å². The molecule has 12 rings (SSSR count). The second-order valence-corrected chi connectivity index (χ2v) is 15.0. The Balaban J connectivity index is 1.14. The first-order valence-electron chi connectivity index (χ1n) is 19.1. The number of nitrogens with zero attached hydrogens (tertiary/aromatic N) is 2. The Kier molecular flexibility index (Phi) is 6.10. The molecule has 2 nitrogen and oxygen atoms in total. The summed E-state index contributed by atoms with van der Waals surface area (Å²) in [6.45, 7) is 0. The van der Waals surface area contributed by atoms with Crippen LogP contribution in [0, 0.1) is 0 Å². The zero-order valence-corrected chi connectivity index (χ0v) is 29.4. The quantitative estimate of drug-likeness (QED) is 0.168. The van der Waals surface area contributed by atoms with E-state index >= 15 is 0 Å². The minimum absolute atomic E-state index is 0.930. The van der Waals surface area contributed by atoms with Crippen LogP contribution in [-0.2, 0) is 12.8 Å². The SMILES string of the molecule is C1=CC(c2cccc(N(c3ccc4ccc5c(cc6c7ccccc7n7c8c(c5c67)CCC=C8)c4c3)c3cccc4c3Cc3ccccc3-4)c2)=CCC1. The van der Waals surface area contributed by atoms with Crippen molar-refractivity contribution in [3.63, 3.8) is 0 Å². The molecular formula is C51H36N2.